The van der Waals surface area contributed by atoms with Gasteiger partial charge in [-0.15, -0.1) is 0 Å². The molecule has 10 heteroatoms. The summed E-state index contributed by atoms with van der Waals surface area (Å²) in [5.41, 5.74) is 0.499. The number of para-hydroxylation sites is 2. The minimum atomic E-state index is -4.42. The van der Waals surface area contributed by atoms with Crippen LogP contribution in [0.15, 0.2) is 66.7 Å². The lowest BCUT2D eigenvalue weighted by Crippen LogP contribution is -2.23. The van der Waals surface area contributed by atoms with Crippen LogP contribution in [-0.2, 0) is 17.5 Å². The number of nitrogens with one attached hydrogen (secondary N) is 2. The number of hydrogen-bond acceptors (Lipinski definition) is 5. The third-order valence-electron chi connectivity index (χ3n) is 4.90. The van der Waals surface area contributed by atoms with Gasteiger partial charge in [-0.05, 0) is 48.0 Å². The van der Waals surface area contributed by atoms with E-state index in [9.17, 15) is 22.8 Å². The third-order valence-corrected chi connectivity index (χ3v) is 4.90. The molecule has 0 atom stereocenters. The lowest BCUT2D eigenvalue weighted by molar-refractivity contribution is -0.137. The molecule has 35 heavy (non-hydrogen) atoms. The summed E-state index contributed by atoms with van der Waals surface area (Å²) in [6.07, 6.45) is -4.42. The van der Waals surface area contributed by atoms with Gasteiger partial charge in [0.15, 0.2) is 18.1 Å². The Morgan fingerprint density at radius 1 is 0.857 bits per heavy atom. The van der Waals surface area contributed by atoms with E-state index in [0.717, 1.165) is 12.1 Å². The molecule has 3 aromatic carbocycles. The number of carbonyl (C=O) groups is 2. The van der Waals surface area contributed by atoms with Crippen molar-refractivity contribution in [1.82, 2.24) is 5.32 Å². The molecule has 0 radical (unpaired) electrons. The molecule has 0 aliphatic carbocycles. The zero-order valence-electron chi connectivity index (χ0n) is 18.9. The number of carbonyl (C=O) groups excluding carboxylic acids is 2. The average molecular weight is 488 g/mol. The van der Waals surface area contributed by atoms with Gasteiger partial charge in [0.05, 0.1) is 25.5 Å². The Hall–Kier alpha value is -4.21. The van der Waals surface area contributed by atoms with Gasteiger partial charge in [0.1, 0.15) is 5.75 Å². The van der Waals surface area contributed by atoms with E-state index in [4.69, 9.17) is 14.2 Å². The normalized spacial score (nSPS) is 10.9. The molecule has 7 nitrogen and oxygen atoms in total. The molecule has 0 saturated carbocycles. The van der Waals surface area contributed by atoms with Crippen LogP contribution in [0.25, 0.3) is 0 Å². The zero-order chi connectivity index (χ0) is 25.4. The van der Waals surface area contributed by atoms with E-state index in [1.54, 1.807) is 24.3 Å². The van der Waals surface area contributed by atoms with Crippen LogP contribution in [-0.4, -0.2) is 32.6 Å². The number of alkyl halides is 3. The van der Waals surface area contributed by atoms with Gasteiger partial charge in [0.25, 0.3) is 11.8 Å². The highest BCUT2D eigenvalue weighted by molar-refractivity contribution is 5.95. The Morgan fingerprint density at radius 3 is 2.20 bits per heavy atom. The fourth-order valence-electron chi connectivity index (χ4n) is 3.10. The number of methoxy groups -OCH3 is 2. The maximum absolute atomic E-state index is 12.7. The molecule has 0 aliphatic rings. The molecule has 0 aromatic heterocycles. The van der Waals surface area contributed by atoms with Crippen molar-refractivity contribution in [3.05, 3.63) is 83.4 Å². The summed E-state index contributed by atoms with van der Waals surface area (Å²) in [6.45, 7) is -0.269. The Bertz CT molecular complexity index is 1180. The second-order valence-electron chi connectivity index (χ2n) is 7.28. The highest BCUT2D eigenvalue weighted by Crippen LogP contribution is 2.30. The van der Waals surface area contributed by atoms with Crippen molar-refractivity contribution in [2.24, 2.45) is 0 Å². The molecule has 2 amide bonds. The van der Waals surface area contributed by atoms with Crippen LogP contribution >= 0.6 is 0 Å². The number of benzene rings is 3. The summed E-state index contributed by atoms with van der Waals surface area (Å²) >= 11 is 0. The fraction of sp³-hybridized carbons (Fsp3) is 0.200. The van der Waals surface area contributed by atoms with Gasteiger partial charge in [-0.25, -0.2) is 0 Å². The maximum atomic E-state index is 12.7. The third kappa shape index (κ3) is 6.89. The van der Waals surface area contributed by atoms with Crippen LogP contribution in [0.5, 0.6) is 17.2 Å². The Labute approximate surface area is 199 Å². The number of amides is 2. The molecule has 0 spiro atoms. The molecule has 0 bridgehead atoms. The first-order chi connectivity index (χ1) is 16.7. The van der Waals surface area contributed by atoms with Gasteiger partial charge < -0.3 is 24.8 Å². The van der Waals surface area contributed by atoms with Crippen LogP contribution in [0.2, 0.25) is 0 Å². The lowest BCUT2D eigenvalue weighted by Gasteiger charge is -2.13. The summed E-state index contributed by atoms with van der Waals surface area (Å²) in [7, 11) is 2.88. The van der Waals surface area contributed by atoms with Crippen molar-refractivity contribution in [3.63, 3.8) is 0 Å². The van der Waals surface area contributed by atoms with Gasteiger partial charge in [-0.2, -0.15) is 13.2 Å². The number of ether oxygens (including phenoxy) is 3. The van der Waals surface area contributed by atoms with Crippen LogP contribution in [0.4, 0.5) is 18.9 Å². The van der Waals surface area contributed by atoms with Crippen molar-refractivity contribution in [2.75, 3.05) is 26.1 Å². The summed E-state index contributed by atoms with van der Waals surface area (Å²) in [5.74, 6) is 0.114. The molecule has 0 fully saturated rings. The Morgan fingerprint density at radius 2 is 1.54 bits per heavy atom. The lowest BCUT2D eigenvalue weighted by atomic mass is 10.1. The minimum Gasteiger partial charge on any atom is -0.495 e. The van der Waals surface area contributed by atoms with E-state index in [0.29, 0.717) is 17.0 Å². The first kappa shape index (κ1) is 25.4. The fourth-order valence-corrected chi connectivity index (χ4v) is 3.10. The predicted octanol–water partition coefficient (Wildman–Crippen LogP) is 4.67. The van der Waals surface area contributed by atoms with Crippen LogP contribution < -0.4 is 24.8 Å². The first-order valence-electron chi connectivity index (χ1n) is 10.4. The standard InChI is InChI=1S/C25H23F3N2O5/c1-33-20-6-4-3-5-19(20)30-23(31)15-35-21-12-9-17(13-22(21)34-2)24(32)29-14-16-7-10-18(11-8-16)25(26,27)28/h3-13H,14-15H2,1-2H3,(H,29,32)(H,30,31). The van der Waals surface area contributed by atoms with Gasteiger partial charge in [0.2, 0.25) is 0 Å². The molecular weight excluding hydrogens is 465 g/mol. The van der Waals surface area contributed by atoms with Gasteiger partial charge >= 0.3 is 6.18 Å². The van der Waals surface area contributed by atoms with Gasteiger partial charge in [-0.1, -0.05) is 24.3 Å². The highest BCUT2D eigenvalue weighted by Gasteiger charge is 2.29. The summed E-state index contributed by atoms with van der Waals surface area (Å²) < 4.78 is 54.0. The van der Waals surface area contributed by atoms with Crippen molar-refractivity contribution in [1.29, 1.82) is 0 Å². The van der Waals surface area contributed by atoms with Crippen molar-refractivity contribution >= 4 is 17.5 Å². The minimum absolute atomic E-state index is 0.0423. The predicted molar refractivity (Wildman–Crippen MR) is 123 cm³/mol. The number of rotatable bonds is 9. The molecule has 184 valence electrons. The first-order valence-corrected chi connectivity index (χ1v) is 10.4. The SMILES string of the molecule is COc1ccccc1NC(=O)COc1ccc(C(=O)NCc2ccc(C(F)(F)F)cc2)cc1OC. The number of anilines is 1. The van der Waals surface area contributed by atoms with Crippen LogP contribution in [0, 0.1) is 0 Å². The molecule has 3 rings (SSSR count). The maximum Gasteiger partial charge on any atom is 0.416 e. The van der Waals surface area contributed by atoms with Crippen molar-refractivity contribution < 1.29 is 37.0 Å². The topological polar surface area (TPSA) is 85.9 Å². The zero-order valence-corrected chi connectivity index (χ0v) is 18.9. The smallest absolute Gasteiger partial charge is 0.416 e. The Balaban J connectivity index is 1.58. The van der Waals surface area contributed by atoms with Gasteiger partial charge in [0, 0.05) is 12.1 Å². The number of hydrogen-bond donors (Lipinski definition) is 2. The quantitative estimate of drug-likeness (QED) is 0.457. The van der Waals surface area contributed by atoms with E-state index in [-0.39, 0.29) is 30.2 Å². The molecule has 2 N–H and O–H groups in total. The van der Waals surface area contributed by atoms with E-state index in [1.165, 1.54) is 44.6 Å². The summed E-state index contributed by atoms with van der Waals surface area (Å²) in [6, 6.07) is 15.9. The van der Waals surface area contributed by atoms with E-state index in [2.05, 4.69) is 10.6 Å². The molecule has 0 unspecified atom stereocenters. The average Bonchev–Trinajstić information content (AvgIpc) is 2.86. The van der Waals surface area contributed by atoms with E-state index >= 15 is 0 Å². The van der Waals surface area contributed by atoms with Crippen LogP contribution in [0.1, 0.15) is 21.5 Å². The van der Waals surface area contributed by atoms with E-state index in [1.807, 2.05) is 0 Å². The summed E-state index contributed by atoms with van der Waals surface area (Å²) in [4.78, 5) is 24.8. The van der Waals surface area contributed by atoms with Crippen molar-refractivity contribution in [2.45, 2.75) is 12.7 Å². The number of halogens is 3. The molecule has 0 aliphatic heterocycles. The van der Waals surface area contributed by atoms with Crippen LogP contribution in [0.3, 0.4) is 0 Å². The second-order valence-corrected chi connectivity index (χ2v) is 7.28. The molecule has 0 saturated heterocycles. The largest absolute Gasteiger partial charge is 0.495 e. The Kier molecular flexibility index (Phi) is 8.19. The molecular formula is C25H23F3N2O5. The van der Waals surface area contributed by atoms with Crippen molar-refractivity contribution in [3.8, 4) is 17.2 Å². The molecule has 0 heterocycles. The summed E-state index contributed by atoms with van der Waals surface area (Å²) in [5, 5.41) is 5.33. The van der Waals surface area contributed by atoms with Gasteiger partial charge in [-0.3, -0.25) is 9.59 Å². The highest BCUT2D eigenvalue weighted by atomic mass is 19.4. The monoisotopic (exact) mass is 488 g/mol. The second kappa shape index (κ2) is 11.3. The van der Waals surface area contributed by atoms with E-state index < -0.39 is 23.6 Å². The molecule has 3 aromatic rings.